The number of aromatic amines is 1. The Hall–Kier alpha value is -0.560. The molecule has 1 rings (SSSR count). The Labute approximate surface area is 85.1 Å². The minimum Gasteiger partial charge on any atom is -0.279 e. The van der Waals surface area contributed by atoms with E-state index in [2.05, 4.69) is 10.2 Å². The van der Waals surface area contributed by atoms with Crippen LogP contribution in [0, 0.1) is 0 Å². The Bertz CT molecular complexity index is 362. The summed E-state index contributed by atoms with van der Waals surface area (Å²) >= 11 is 5.40. The Morgan fingerprint density at radius 3 is 2.50 bits per heavy atom. The van der Waals surface area contributed by atoms with Crippen molar-refractivity contribution in [3.63, 3.8) is 0 Å². The van der Waals surface area contributed by atoms with Gasteiger partial charge >= 0.3 is 6.18 Å². The summed E-state index contributed by atoms with van der Waals surface area (Å²) in [4.78, 5) is 0. The van der Waals surface area contributed by atoms with Gasteiger partial charge in [0.1, 0.15) is 0 Å². The largest absolute Gasteiger partial charge is 0.436 e. The lowest BCUT2D eigenvalue weighted by atomic mass is 10.3. The summed E-state index contributed by atoms with van der Waals surface area (Å²) in [7, 11) is -1.26. The number of nitrogens with zero attached hydrogens (tertiary/aromatic N) is 1. The van der Waals surface area contributed by atoms with Crippen LogP contribution in [0.15, 0.2) is 0 Å². The summed E-state index contributed by atoms with van der Waals surface area (Å²) in [5.74, 6) is -0.0675. The average molecular weight is 247 g/mol. The molecule has 1 heterocycles. The van der Waals surface area contributed by atoms with E-state index in [4.69, 9.17) is 11.6 Å². The Morgan fingerprint density at radius 2 is 2.14 bits per heavy atom. The minimum atomic E-state index is -4.58. The molecule has 1 N–H and O–H groups in total. The molecule has 0 aliphatic heterocycles. The molecule has 0 aromatic carbocycles. The van der Waals surface area contributed by atoms with Crippen LogP contribution in [0.3, 0.4) is 0 Å². The molecule has 0 fully saturated rings. The molecular formula is C6H6ClF3N2OS. The highest BCUT2D eigenvalue weighted by Crippen LogP contribution is 2.34. The van der Waals surface area contributed by atoms with Gasteiger partial charge in [0.05, 0.1) is 16.5 Å². The number of rotatable bonds is 2. The molecule has 1 unspecified atom stereocenters. The van der Waals surface area contributed by atoms with Crippen LogP contribution in [0.1, 0.15) is 11.4 Å². The zero-order valence-electron chi connectivity index (χ0n) is 6.98. The van der Waals surface area contributed by atoms with Gasteiger partial charge in [-0.2, -0.15) is 18.3 Å². The molecular weight excluding hydrogens is 241 g/mol. The van der Waals surface area contributed by atoms with Crippen molar-refractivity contribution in [1.82, 2.24) is 10.2 Å². The first kappa shape index (κ1) is 11.5. The Morgan fingerprint density at radius 1 is 1.57 bits per heavy atom. The van der Waals surface area contributed by atoms with Crippen LogP contribution in [0.5, 0.6) is 0 Å². The van der Waals surface area contributed by atoms with Gasteiger partial charge in [0, 0.05) is 17.1 Å². The van der Waals surface area contributed by atoms with Crippen LogP contribution in [-0.4, -0.2) is 20.7 Å². The van der Waals surface area contributed by atoms with Gasteiger partial charge in [-0.25, -0.2) is 0 Å². The van der Waals surface area contributed by atoms with E-state index in [-0.39, 0.29) is 11.4 Å². The Kier molecular flexibility index (Phi) is 3.20. The summed E-state index contributed by atoms with van der Waals surface area (Å²) in [5, 5.41) is 4.63. The van der Waals surface area contributed by atoms with E-state index in [1.807, 2.05) is 0 Å². The smallest absolute Gasteiger partial charge is 0.279 e. The first-order valence-electron chi connectivity index (χ1n) is 3.42. The molecule has 8 heteroatoms. The molecule has 3 nitrogen and oxygen atoms in total. The molecule has 0 spiro atoms. The summed E-state index contributed by atoms with van der Waals surface area (Å²) in [5.41, 5.74) is -1.13. The van der Waals surface area contributed by atoms with Crippen LogP contribution in [0.25, 0.3) is 0 Å². The highest BCUT2D eigenvalue weighted by atomic mass is 35.5. The summed E-state index contributed by atoms with van der Waals surface area (Å²) in [6.45, 7) is 0. The quantitative estimate of drug-likeness (QED) is 0.867. The van der Waals surface area contributed by atoms with Crippen molar-refractivity contribution in [1.29, 1.82) is 0 Å². The van der Waals surface area contributed by atoms with Gasteiger partial charge in [-0.15, -0.1) is 0 Å². The maximum absolute atomic E-state index is 12.2. The lowest BCUT2D eigenvalue weighted by Gasteiger charge is -2.01. The molecule has 0 aliphatic carbocycles. The SMILES string of the molecule is CS(=O)Cc1[nH]nc(C(F)(F)F)c1Cl. The van der Waals surface area contributed by atoms with E-state index in [1.165, 1.54) is 6.26 Å². The van der Waals surface area contributed by atoms with Crippen molar-refractivity contribution in [2.24, 2.45) is 0 Å². The maximum Gasteiger partial charge on any atom is 0.436 e. The first-order valence-corrected chi connectivity index (χ1v) is 5.53. The monoisotopic (exact) mass is 246 g/mol. The summed E-state index contributed by atoms with van der Waals surface area (Å²) in [6, 6.07) is 0. The third-order valence-corrected chi connectivity index (χ3v) is 2.49. The zero-order chi connectivity index (χ0) is 10.9. The predicted molar refractivity (Wildman–Crippen MR) is 46.4 cm³/mol. The third-order valence-electron chi connectivity index (χ3n) is 1.39. The average Bonchev–Trinajstić information content (AvgIpc) is 2.30. The van der Waals surface area contributed by atoms with Gasteiger partial charge in [-0.3, -0.25) is 9.31 Å². The van der Waals surface area contributed by atoms with Crippen molar-refractivity contribution in [3.8, 4) is 0 Å². The molecule has 0 saturated carbocycles. The highest BCUT2D eigenvalue weighted by Gasteiger charge is 2.37. The number of alkyl halides is 3. The lowest BCUT2D eigenvalue weighted by Crippen LogP contribution is -2.06. The number of halogens is 4. The topological polar surface area (TPSA) is 45.8 Å². The molecule has 14 heavy (non-hydrogen) atoms. The van der Waals surface area contributed by atoms with Crippen LogP contribution in [0.4, 0.5) is 13.2 Å². The number of hydrogen-bond donors (Lipinski definition) is 1. The molecule has 0 saturated heterocycles. The molecule has 1 aromatic rings. The second kappa shape index (κ2) is 3.90. The molecule has 1 aromatic heterocycles. The van der Waals surface area contributed by atoms with Gasteiger partial charge in [0.2, 0.25) is 0 Å². The fourth-order valence-electron chi connectivity index (χ4n) is 0.851. The van der Waals surface area contributed by atoms with E-state index in [9.17, 15) is 17.4 Å². The number of aromatic nitrogens is 2. The van der Waals surface area contributed by atoms with Crippen molar-refractivity contribution in [3.05, 3.63) is 16.4 Å². The van der Waals surface area contributed by atoms with Crippen LogP contribution >= 0.6 is 11.6 Å². The fraction of sp³-hybridized carbons (Fsp3) is 0.500. The number of nitrogens with one attached hydrogen (secondary N) is 1. The van der Waals surface area contributed by atoms with E-state index in [0.29, 0.717) is 0 Å². The molecule has 1 atom stereocenters. The normalized spacial score (nSPS) is 14.4. The third kappa shape index (κ3) is 2.48. The van der Waals surface area contributed by atoms with Crippen molar-refractivity contribution < 1.29 is 17.4 Å². The summed E-state index contributed by atoms with van der Waals surface area (Å²) < 4.78 is 47.2. The van der Waals surface area contributed by atoms with Gasteiger partial charge in [0.15, 0.2) is 5.69 Å². The lowest BCUT2D eigenvalue weighted by molar-refractivity contribution is -0.141. The van der Waals surface area contributed by atoms with Gasteiger partial charge in [-0.05, 0) is 0 Å². The fourth-order valence-corrected chi connectivity index (χ4v) is 1.80. The van der Waals surface area contributed by atoms with Crippen molar-refractivity contribution in [2.75, 3.05) is 6.26 Å². The second-order valence-corrected chi connectivity index (χ2v) is 4.39. The second-order valence-electron chi connectivity index (χ2n) is 2.58. The van der Waals surface area contributed by atoms with Gasteiger partial charge < -0.3 is 0 Å². The zero-order valence-corrected chi connectivity index (χ0v) is 8.56. The molecule has 0 radical (unpaired) electrons. The molecule has 0 bridgehead atoms. The van der Waals surface area contributed by atoms with Crippen molar-refractivity contribution in [2.45, 2.75) is 11.9 Å². The first-order chi connectivity index (χ1) is 6.32. The number of hydrogen-bond acceptors (Lipinski definition) is 2. The maximum atomic E-state index is 12.2. The van der Waals surface area contributed by atoms with Crippen LogP contribution < -0.4 is 0 Å². The highest BCUT2D eigenvalue weighted by molar-refractivity contribution is 7.83. The van der Waals surface area contributed by atoms with Crippen LogP contribution in [-0.2, 0) is 22.7 Å². The predicted octanol–water partition coefficient (Wildman–Crippen LogP) is 1.96. The van der Waals surface area contributed by atoms with Crippen molar-refractivity contribution >= 4 is 22.4 Å². The van der Waals surface area contributed by atoms with Gasteiger partial charge in [-0.1, -0.05) is 11.6 Å². The molecule has 0 amide bonds. The van der Waals surface area contributed by atoms with E-state index in [0.717, 1.165) is 0 Å². The molecule has 80 valence electrons. The Balaban J connectivity index is 3.03. The minimum absolute atomic E-state index is 0.0415. The van der Waals surface area contributed by atoms with E-state index in [1.54, 1.807) is 0 Å². The van der Waals surface area contributed by atoms with E-state index < -0.39 is 27.7 Å². The van der Waals surface area contributed by atoms with E-state index >= 15 is 0 Å². The van der Waals surface area contributed by atoms with Gasteiger partial charge in [0.25, 0.3) is 0 Å². The molecule has 0 aliphatic rings. The summed E-state index contributed by atoms with van der Waals surface area (Å²) in [6.07, 6.45) is -3.22. The standard InChI is InChI=1S/C6H6ClF3N2OS/c1-14(13)2-3-4(7)5(12-11-3)6(8,9)10/h2H2,1H3,(H,11,12). The van der Waals surface area contributed by atoms with Crippen LogP contribution in [0.2, 0.25) is 5.02 Å². The number of H-pyrrole nitrogens is 1.